The topological polar surface area (TPSA) is 69.6 Å². The van der Waals surface area contributed by atoms with Crippen molar-refractivity contribution in [3.8, 4) is 11.5 Å². The molecule has 14 heteroatoms. The fourth-order valence-electron chi connectivity index (χ4n) is 3.41. The Labute approximate surface area is 223 Å². The molecule has 0 atom stereocenters. The number of hydrogen-bond donors (Lipinski definition) is 2. The Kier molecular flexibility index (Phi) is 9.68. The van der Waals surface area contributed by atoms with Crippen LogP contribution in [0.3, 0.4) is 0 Å². The van der Waals surface area contributed by atoms with E-state index in [2.05, 4.69) is 35.3 Å². The number of alkyl halides is 3. The molecule has 0 spiro atoms. The van der Waals surface area contributed by atoms with Crippen LogP contribution in [-0.4, -0.2) is 49.6 Å². The molecule has 1 aromatic carbocycles. The lowest BCUT2D eigenvalue weighted by molar-refractivity contribution is -0.136. The van der Waals surface area contributed by atoms with Gasteiger partial charge in [0.05, 0.1) is 17.6 Å². The van der Waals surface area contributed by atoms with Crippen LogP contribution in [0.25, 0.3) is 11.0 Å². The molecule has 0 saturated carbocycles. The number of halogens is 5. The molecule has 0 fully saturated rings. The van der Waals surface area contributed by atoms with Gasteiger partial charge < -0.3 is 29.4 Å². The van der Waals surface area contributed by atoms with E-state index >= 15 is 0 Å². The van der Waals surface area contributed by atoms with Gasteiger partial charge in [-0.2, -0.15) is 13.2 Å². The number of anilines is 1. The molecule has 0 unspecified atom stereocenters. The maximum Gasteiger partial charge on any atom is 0.418 e. The summed E-state index contributed by atoms with van der Waals surface area (Å²) in [7, 11) is 0.109. The highest BCUT2D eigenvalue weighted by atomic mass is 32.1. The molecule has 0 saturated heterocycles. The number of fused-ring (bicyclic) bond motifs is 1. The van der Waals surface area contributed by atoms with Crippen LogP contribution in [0.15, 0.2) is 30.6 Å². The number of ether oxygens (including phenoxy) is 3. The molecule has 3 aromatic rings. The lowest BCUT2D eigenvalue weighted by Gasteiger charge is -2.15. The van der Waals surface area contributed by atoms with Crippen LogP contribution in [0.5, 0.6) is 11.5 Å². The summed E-state index contributed by atoms with van der Waals surface area (Å²) in [5.74, 6) is -3.55. The highest BCUT2D eigenvalue weighted by molar-refractivity contribution is 7.80. The van der Waals surface area contributed by atoms with Crippen LogP contribution in [0.1, 0.15) is 5.56 Å². The van der Waals surface area contributed by atoms with Gasteiger partial charge in [0.2, 0.25) is 0 Å². The third-order valence-electron chi connectivity index (χ3n) is 5.31. The number of hydrogen-bond acceptors (Lipinski definition) is 5. The zero-order valence-electron chi connectivity index (χ0n) is 21.3. The minimum absolute atomic E-state index is 0.0141. The van der Waals surface area contributed by atoms with E-state index in [-0.39, 0.29) is 23.2 Å². The fourth-order valence-corrected chi connectivity index (χ4v) is 4.38. The maximum atomic E-state index is 14.8. The van der Waals surface area contributed by atoms with Crippen LogP contribution >= 0.6 is 12.2 Å². The molecule has 2 aromatic heterocycles. The molecule has 208 valence electrons. The van der Waals surface area contributed by atoms with E-state index in [1.54, 1.807) is 0 Å². The second-order valence-corrected chi connectivity index (χ2v) is 15.6. The van der Waals surface area contributed by atoms with Gasteiger partial charge in [-0.3, -0.25) is 0 Å². The molecule has 0 radical (unpaired) electrons. The quantitative estimate of drug-likeness (QED) is 0.119. The molecule has 0 amide bonds. The van der Waals surface area contributed by atoms with Crippen molar-refractivity contribution in [3.05, 3.63) is 47.8 Å². The van der Waals surface area contributed by atoms with Crippen LogP contribution in [0.2, 0.25) is 25.7 Å². The monoisotopic (exact) mass is 576 g/mol. The molecular weight excluding hydrogens is 547 g/mol. The second kappa shape index (κ2) is 12.4. The van der Waals surface area contributed by atoms with Gasteiger partial charge in [0.25, 0.3) is 0 Å². The molecule has 2 N–H and O–H groups in total. The van der Waals surface area contributed by atoms with Crippen molar-refractivity contribution in [2.75, 3.05) is 32.2 Å². The van der Waals surface area contributed by atoms with Crippen LogP contribution < -0.4 is 15.4 Å². The van der Waals surface area contributed by atoms with E-state index in [1.165, 1.54) is 17.9 Å². The molecule has 0 aliphatic carbocycles. The van der Waals surface area contributed by atoms with E-state index in [9.17, 15) is 22.0 Å². The van der Waals surface area contributed by atoms with E-state index in [4.69, 9.17) is 26.4 Å². The number of nitrogens with one attached hydrogen (secondary N) is 2. The summed E-state index contributed by atoms with van der Waals surface area (Å²) >= 11 is 5.06. The lowest BCUT2D eigenvalue weighted by Crippen LogP contribution is -2.31. The Morgan fingerprint density at radius 1 is 1.13 bits per heavy atom. The number of pyridine rings is 1. The Hall–Kier alpha value is -2.81. The first-order valence-corrected chi connectivity index (χ1v) is 15.7. The van der Waals surface area contributed by atoms with Crippen molar-refractivity contribution >= 4 is 42.1 Å². The van der Waals surface area contributed by atoms with Gasteiger partial charge >= 0.3 is 6.18 Å². The molecule has 3 rings (SSSR count). The normalized spacial score (nSPS) is 12.1. The van der Waals surface area contributed by atoms with Crippen molar-refractivity contribution < 1.29 is 36.2 Å². The third-order valence-corrected chi connectivity index (χ3v) is 7.26. The molecule has 0 bridgehead atoms. The van der Waals surface area contributed by atoms with Crippen molar-refractivity contribution in [1.29, 1.82) is 0 Å². The van der Waals surface area contributed by atoms with Gasteiger partial charge in [0.1, 0.15) is 18.1 Å². The minimum Gasteiger partial charge on any atom is -0.450 e. The summed E-state index contributed by atoms with van der Waals surface area (Å²) in [6, 6.07) is 3.79. The number of nitrogens with zero attached hydrogens (tertiary/aromatic N) is 2. The van der Waals surface area contributed by atoms with Gasteiger partial charge in [0.15, 0.2) is 22.5 Å². The SMILES string of the molecule is COCCNC(=S)Nc1cc(F)c(Oc2ccnc3c2c(C(F)(F)F)cn3COCC[Si](C)(C)C)c(F)c1. The Bertz CT molecular complexity index is 1260. The Morgan fingerprint density at radius 2 is 1.82 bits per heavy atom. The van der Waals surface area contributed by atoms with E-state index in [0.717, 1.165) is 30.4 Å². The Balaban J connectivity index is 1.89. The molecule has 0 aliphatic heterocycles. The number of aromatic nitrogens is 2. The average molecular weight is 577 g/mol. The van der Waals surface area contributed by atoms with E-state index in [0.29, 0.717) is 19.8 Å². The molecule has 0 aliphatic rings. The third kappa shape index (κ3) is 7.85. The summed E-state index contributed by atoms with van der Waals surface area (Å²) < 4.78 is 88.5. The predicted octanol–water partition coefficient (Wildman–Crippen LogP) is 6.37. The van der Waals surface area contributed by atoms with Gasteiger partial charge in [-0.15, -0.1) is 0 Å². The number of rotatable bonds is 11. The van der Waals surface area contributed by atoms with Gasteiger partial charge in [-0.1, -0.05) is 19.6 Å². The molecular formula is C24H29F5N4O3SSi. The number of benzene rings is 1. The van der Waals surface area contributed by atoms with E-state index < -0.39 is 48.3 Å². The molecule has 2 heterocycles. The van der Waals surface area contributed by atoms with Crippen LogP contribution in [0, 0.1) is 11.6 Å². The van der Waals surface area contributed by atoms with E-state index in [1.807, 2.05) is 0 Å². The molecule has 38 heavy (non-hydrogen) atoms. The summed E-state index contributed by atoms with van der Waals surface area (Å²) in [6.07, 6.45) is -2.72. The molecule has 7 nitrogen and oxygen atoms in total. The summed E-state index contributed by atoms with van der Waals surface area (Å²) in [5.41, 5.74) is -1.16. The smallest absolute Gasteiger partial charge is 0.418 e. The standard InChI is InChI=1S/C24H29F5N4O3SSi/c1-34-8-7-31-23(37)32-15-11-17(25)21(18(26)12-15)36-19-5-6-30-22-20(19)16(24(27,28)29)13-33(22)14-35-9-10-38(2,3)4/h5-6,11-13H,7-10,14H2,1-4H3,(H2,31,32,37). The Morgan fingerprint density at radius 3 is 2.42 bits per heavy atom. The maximum absolute atomic E-state index is 14.8. The first-order chi connectivity index (χ1) is 17.8. The van der Waals surface area contributed by atoms with Gasteiger partial charge in [0, 0.05) is 58.5 Å². The number of thiocarbonyl (C=S) groups is 1. The van der Waals surface area contributed by atoms with Gasteiger partial charge in [-0.05, 0) is 24.3 Å². The fraction of sp³-hybridized carbons (Fsp3) is 0.417. The first kappa shape index (κ1) is 29.7. The highest BCUT2D eigenvalue weighted by Gasteiger charge is 2.37. The van der Waals surface area contributed by atoms with Crippen molar-refractivity contribution in [2.45, 2.75) is 38.6 Å². The summed E-state index contributed by atoms with van der Waals surface area (Å²) in [4.78, 5) is 4.05. The second-order valence-electron chi connectivity index (χ2n) is 9.61. The summed E-state index contributed by atoms with van der Waals surface area (Å²) in [6.45, 7) is 7.42. The van der Waals surface area contributed by atoms with Crippen molar-refractivity contribution in [2.24, 2.45) is 0 Å². The first-order valence-electron chi connectivity index (χ1n) is 11.6. The van der Waals surface area contributed by atoms with Gasteiger partial charge in [-0.25, -0.2) is 13.8 Å². The zero-order valence-corrected chi connectivity index (χ0v) is 23.2. The highest BCUT2D eigenvalue weighted by Crippen LogP contribution is 2.42. The average Bonchev–Trinajstić information content (AvgIpc) is 3.19. The summed E-state index contributed by atoms with van der Waals surface area (Å²) in [5, 5.41) is 5.09. The predicted molar refractivity (Wildman–Crippen MR) is 141 cm³/mol. The van der Waals surface area contributed by atoms with Crippen LogP contribution in [-0.2, 0) is 22.4 Å². The lowest BCUT2D eigenvalue weighted by atomic mass is 10.2. The minimum atomic E-state index is -4.78. The zero-order chi connectivity index (χ0) is 28.1. The van der Waals surface area contributed by atoms with Crippen molar-refractivity contribution in [1.82, 2.24) is 14.9 Å². The number of methoxy groups -OCH3 is 1. The van der Waals surface area contributed by atoms with Crippen LogP contribution in [0.4, 0.5) is 27.6 Å². The van der Waals surface area contributed by atoms with Crippen molar-refractivity contribution in [3.63, 3.8) is 0 Å². The largest absolute Gasteiger partial charge is 0.450 e.